The van der Waals surface area contributed by atoms with Crippen molar-refractivity contribution in [1.82, 2.24) is 5.32 Å². The molecule has 1 unspecified atom stereocenters. The topological polar surface area (TPSA) is 95.9 Å². The minimum absolute atomic E-state index is 0.0733. The van der Waals surface area contributed by atoms with E-state index >= 15 is 0 Å². The van der Waals surface area contributed by atoms with Gasteiger partial charge in [-0.2, -0.15) is 0 Å². The number of carbonyl (C=O) groups excluding carboxylic acids is 1. The van der Waals surface area contributed by atoms with Crippen molar-refractivity contribution in [2.24, 2.45) is 0 Å². The summed E-state index contributed by atoms with van der Waals surface area (Å²) in [5.74, 6) is -1.26. The number of benzene rings is 3. The summed E-state index contributed by atoms with van der Waals surface area (Å²) >= 11 is 0. The van der Waals surface area contributed by atoms with E-state index in [0.29, 0.717) is 5.56 Å². The quantitative estimate of drug-likeness (QED) is 0.538. The van der Waals surface area contributed by atoms with E-state index in [2.05, 4.69) is 17.4 Å². The van der Waals surface area contributed by atoms with E-state index in [9.17, 15) is 19.8 Å². The first-order valence-electron chi connectivity index (χ1n) is 10.1. The van der Waals surface area contributed by atoms with Gasteiger partial charge in [0.2, 0.25) is 0 Å². The summed E-state index contributed by atoms with van der Waals surface area (Å²) in [6.45, 7) is 1.95. The molecule has 0 bridgehead atoms. The van der Waals surface area contributed by atoms with Crippen LogP contribution in [-0.4, -0.2) is 28.9 Å². The molecule has 6 heteroatoms. The van der Waals surface area contributed by atoms with Crippen LogP contribution in [-0.2, 0) is 9.53 Å². The van der Waals surface area contributed by atoms with Gasteiger partial charge in [0.25, 0.3) is 0 Å². The van der Waals surface area contributed by atoms with E-state index < -0.39 is 18.1 Å². The highest BCUT2D eigenvalue weighted by atomic mass is 16.5. The lowest BCUT2D eigenvalue weighted by Gasteiger charge is -2.20. The maximum absolute atomic E-state index is 12.6. The molecule has 1 atom stereocenters. The number of hydrogen-bond acceptors (Lipinski definition) is 4. The second-order valence-corrected chi connectivity index (χ2v) is 7.68. The lowest BCUT2D eigenvalue weighted by atomic mass is 9.98. The van der Waals surface area contributed by atoms with Crippen molar-refractivity contribution in [1.29, 1.82) is 0 Å². The summed E-state index contributed by atoms with van der Waals surface area (Å²) in [5.41, 5.74) is 5.62. The van der Waals surface area contributed by atoms with E-state index in [1.54, 1.807) is 12.1 Å². The Balaban J connectivity index is 1.50. The molecule has 0 saturated carbocycles. The minimum Gasteiger partial charge on any atom is -0.508 e. The lowest BCUT2D eigenvalue weighted by molar-refractivity contribution is -0.137. The molecule has 0 aromatic heterocycles. The van der Waals surface area contributed by atoms with Crippen LogP contribution in [0.15, 0.2) is 66.7 Å². The zero-order valence-electron chi connectivity index (χ0n) is 17.0. The minimum atomic E-state index is -1.09. The van der Waals surface area contributed by atoms with E-state index in [1.807, 2.05) is 43.3 Å². The van der Waals surface area contributed by atoms with Gasteiger partial charge in [-0.1, -0.05) is 66.2 Å². The first-order chi connectivity index (χ1) is 14.9. The molecule has 31 heavy (non-hydrogen) atoms. The highest BCUT2D eigenvalue weighted by Crippen LogP contribution is 2.44. The van der Waals surface area contributed by atoms with Gasteiger partial charge in [0, 0.05) is 11.5 Å². The molecule has 0 radical (unpaired) electrons. The van der Waals surface area contributed by atoms with Crippen molar-refractivity contribution < 1.29 is 24.5 Å². The first kappa shape index (κ1) is 20.5. The molecule has 158 valence electrons. The zero-order valence-corrected chi connectivity index (χ0v) is 17.0. The molecule has 3 aromatic rings. The van der Waals surface area contributed by atoms with Crippen LogP contribution in [0.5, 0.6) is 5.75 Å². The van der Waals surface area contributed by atoms with Crippen molar-refractivity contribution in [2.75, 3.05) is 6.61 Å². The molecule has 0 saturated heterocycles. The summed E-state index contributed by atoms with van der Waals surface area (Å²) in [5, 5.41) is 22.0. The molecule has 0 spiro atoms. The number of phenols is 1. The Morgan fingerprint density at radius 2 is 1.61 bits per heavy atom. The van der Waals surface area contributed by atoms with Crippen LogP contribution >= 0.6 is 0 Å². The van der Waals surface area contributed by atoms with Crippen molar-refractivity contribution >= 4 is 12.1 Å². The second-order valence-electron chi connectivity index (χ2n) is 7.68. The SMILES string of the molecule is Cc1ccc(O)c(C(CC(=O)O)NC(=O)OCC2c3ccccc3-c3ccccc32)c1. The first-order valence-corrected chi connectivity index (χ1v) is 10.1. The fourth-order valence-corrected chi connectivity index (χ4v) is 4.15. The summed E-state index contributed by atoms with van der Waals surface area (Å²) < 4.78 is 5.52. The number of carboxylic acid groups (broad SMARTS) is 1. The Kier molecular flexibility index (Phi) is 5.62. The van der Waals surface area contributed by atoms with Crippen LogP contribution in [0, 0.1) is 6.92 Å². The average Bonchev–Trinajstić information content (AvgIpc) is 3.07. The normalized spacial score (nSPS) is 13.2. The smallest absolute Gasteiger partial charge is 0.407 e. The molecular formula is C25H23NO5. The number of rotatable bonds is 6. The van der Waals surface area contributed by atoms with Gasteiger partial charge in [0.05, 0.1) is 12.5 Å². The number of hydrogen-bond donors (Lipinski definition) is 3. The highest BCUT2D eigenvalue weighted by molar-refractivity contribution is 5.79. The largest absolute Gasteiger partial charge is 0.508 e. The van der Waals surface area contributed by atoms with Crippen LogP contribution in [0.25, 0.3) is 11.1 Å². The third-order valence-electron chi connectivity index (χ3n) is 5.57. The van der Waals surface area contributed by atoms with Crippen LogP contribution < -0.4 is 5.32 Å². The molecule has 1 aliphatic carbocycles. The van der Waals surface area contributed by atoms with Gasteiger partial charge in [0.15, 0.2) is 0 Å². The van der Waals surface area contributed by atoms with Gasteiger partial charge in [0.1, 0.15) is 12.4 Å². The van der Waals surface area contributed by atoms with Gasteiger partial charge >= 0.3 is 12.1 Å². The summed E-state index contributed by atoms with van der Waals surface area (Å²) in [6.07, 6.45) is -1.10. The maximum Gasteiger partial charge on any atom is 0.407 e. The molecule has 0 fully saturated rings. The highest BCUT2D eigenvalue weighted by Gasteiger charge is 2.29. The lowest BCUT2D eigenvalue weighted by Crippen LogP contribution is -2.31. The molecule has 0 aliphatic heterocycles. The maximum atomic E-state index is 12.6. The number of fused-ring (bicyclic) bond motifs is 3. The molecule has 3 aromatic carbocycles. The third-order valence-corrected chi connectivity index (χ3v) is 5.57. The third kappa shape index (κ3) is 4.23. The van der Waals surface area contributed by atoms with E-state index in [0.717, 1.165) is 27.8 Å². The number of aliphatic carboxylic acids is 1. The van der Waals surface area contributed by atoms with Gasteiger partial charge in [-0.25, -0.2) is 4.79 Å². The molecule has 1 amide bonds. The van der Waals surface area contributed by atoms with Gasteiger partial charge in [-0.15, -0.1) is 0 Å². The number of alkyl carbamates (subject to hydrolysis) is 1. The zero-order chi connectivity index (χ0) is 22.0. The average molecular weight is 417 g/mol. The molecular weight excluding hydrogens is 394 g/mol. The Bertz CT molecular complexity index is 1090. The van der Waals surface area contributed by atoms with Crippen LogP contribution in [0.4, 0.5) is 4.79 Å². The van der Waals surface area contributed by atoms with E-state index in [1.165, 1.54) is 6.07 Å². The fraction of sp³-hybridized carbons (Fsp3) is 0.200. The number of nitrogens with one attached hydrogen (secondary N) is 1. The number of phenolic OH excluding ortho intramolecular Hbond substituents is 1. The van der Waals surface area contributed by atoms with Gasteiger partial charge in [-0.05, 0) is 35.2 Å². The number of aromatic hydroxyl groups is 1. The fourth-order valence-electron chi connectivity index (χ4n) is 4.15. The van der Waals surface area contributed by atoms with Crippen molar-refractivity contribution in [3.63, 3.8) is 0 Å². The van der Waals surface area contributed by atoms with Crippen LogP contribution in [0.1, 0.15) is 40.6 Å². The Hall–Kier alpha value is -3.80. The standard InChI is InChI=1S/C25H23NO5/c1-15-10-11-23(27)20(12-15)22(13-24(28)29)26-25(30)31-14-21-18-8-4-2-6-16(18)17-7-3-5-9-19(17)21/h2-12,21-22,27H,13-14H2,1H3,(H,26,30)(H,28,29). The predicted octanol–water partition coefficient (Wildman–Crippen LogP) is 4.76. The molecule has 3 N–H and O–H groups in total. The predicted molar refractivity (Wildman–Crippen MR) is 116 cm³/mol. The number of carbonyl (C=O) groups is 2. The van der Waals surface area contributed by atoms with Crippen molar-refractivity contribution in [3.8, 4) is 16.9 Å². The molecule has 4 rings (SSSR count). The summed E-state index contributed by atoms with van der Waals surface area (Å²) in [7, 11) is 0. The van der Waals surface area contributed by atoms with Crippen LogP contribution in [0.3, 0.4) is 0 Å². The molecule has 1 aliphatic rings. The summed E-state index contributed by atoms with van der Waals surface area (Å²) in [4.78, 5) is 23.9. The van der Waals surface area contributed by atoms with E-state index in [-0.39, 0.29) is 24.7 Å². The van der Waals surface area contributed by atoms with E-state index in [4.69, 9.17) is 4.74 Å². The van der Waals surface area contributed by atoms with Crippen molar-refractivity contribution in [2.45, 2.75) is 25.3 Å². The second kappa shape index (κ2) is 8.52. The Morgan fingerprint density at radius 1 is 1.00 bits per heavy atom. The van der Waals surface area contributed by atoms with Gasteiger partial charge in [-0.3, -0.25) is 4.79 Å². The Labute approximate surface area is 180 Å². The molecule has 6 nitrogen and oxygen atoms in total. The number of amides is 1. The van der Waals surface area contributed by atoms with Crippen molar-refractivity contribution in [3.05, 3.63) is 89.0 Å². The van der Waals surface area contributed by atoms with Crippen LogP contribution in [0.2, 0.25) is 0 Å². The monoisotopic (exact) mass is 417 g/mol. The number of ether oxygens (including phenoxy) is 1. The molecule has 0 heterocycles. The summed E-state index contributed by atoms with van der Waals surface area (Å²) in [6, 6.07) is 20.0. The van der Waals surface area contributed by atoms with Gasteiger partial charge < -0.3 is 20.3 Å². The number of aryl methyl sites for hydroxylation is 1. The number of carboxylic acids is 1. The Morgan fingerprint density at radius 3 is 2.23 bits per heavy atom.